The maximum absolute atomic E-state index is 13.3. The van der Waals surface area contributed by atoms with Crippen LogP contribution in [0.15, 0.2) is 18.2 Å². The number of nitrogens with two attached hydrogens (primary N) is 1. The van der Waals surface area contributed by atoms with Crippen LogP contribution in [0.3, 0.4) is 0 Å². The number of carboxylic acid groups (broad SMARTS) is 1. The number of carbonyl (C=O) groups excluding carboxylic acids is 1. The third-order valence-corrected chi connectivity index (χ3v) is 3.82. The molecule has 0 bridgehead atoms. The number of carboxylic acids is 1. The molecule has 0 saturated carbocycles. The number of aliphatic carboxylic acids is 1. The molecule has 1 aromatic rings. The summed E-state index contributed by atoms with van der Waals surface area (Å²) in [5.41, 5.74) is 3.00. The second kappa shape index (κ2) is 5.11. The second-order valence-electron chi connectivity index (χ2n) is 5.71. The van der Waals surface area contributed by atoms with E-state index < -0.39 is 28.6 Å². The first-order valence-corrected chi connectivity index (χ1v) is 6.10. The lowest BCUT2D eigenvalue weighted by Crippen LogP contribution is -2.57. The van der Waals surface area contributed by atoms with Crippen LogP contribution in [0, 0.1) is 11.2 Å². The van der Waals surface area contributed by atoms with E-state index in [1.165, 1.54) is 26.0 Å². The Kier molecular flexibility index (Phi) is 4.07. The summed E-state index contributed by atoms with van der Waals surface area (Å²) in [6.45, 7) is 6.19. The Hall–Kier alpha value is -2.11. The molecule has 20 heavy (non-hydrogen) atoms. The summed E-state index contributed by atoms with van der Waals surface area (Å²) in [5.74, 6) is -2.34. The highest BCUT2D eigenvalue weighted by Crippen LogP contribution is 2.31. The van der Waals surface area contributed by atoms with Gasteiger partial charge in [0.05, 0.1) is 22.2 Å². The molecule has 110 valence electrons. The minimum Gasteiger partial charge on any atom is -0.481 e. The van der Waals surface area contributed by atoms with E-state index in [1.807, 2.05) is 0 Å². The van der Waals surface area contributed by atoms with E-state index in [0.29, 0.717) is 0 Å². The normalized spacial score (nSPS) is 12.1. The maximum atomic E-state index is 13.3. The number of amides is 1. The van der Waals surface area contributed by atoms with Gasteiger partial charge in [0.15, 0.2) is 0 Å². The van der Waals surface area contributed by atoms with Gasteiger partial charge >= 0.3 is 5.97 Å². The largest absolute Gasteiger partial charge is 0.481 e. The third-order valence-electron chi connectivity index (χ3n) is 3.82. The standard InChI is InChI=1S/C14H19FN2O3/c1-13(2,12(19)20)14(3,4)17-11(18)8-6-5-7-9(15)10(8)16/h5-7H,16H2,1-4H3,(H,17,18)(H,19,20). The number of hydrogen-bond donors (Lipinski definition) is 3. The molecule has 0 spiro atoms. The molecule has 0 radical (unpaired) electrons. The molecule has 4 N–H and O–H groups in total. The molecule has 0 aliphatic carbocycles. The number of nitrogen functional groups attached to an aromatic ring is 1. The topological polar surface area (TPSA) is 92.4 Å². The molecule has 0 aliphatic heterocycles. The van der Waals surface area contributed by atoms with E-state index in [4.69, 9.17) is 5.73 Å². The van der Waals surface area contributed by atoms with Crippen LogP contribution >= 0.6 is 0 Å². The lowest BCUT2D eigenvalue weighted by Gasteiger charge is -2.38. The van der Waals surface area contributed by atoms with Crippen molar-refractivity contribution in [3.05, 3.63) is 29.6 Å². The van der Waals surface area contributed by atoms with Crippen LogP contribution in [0.5, 0.6) is 0 Å². The lowest BCUT2D eigenvalue weighted by molar-refractivity contribution is -0.150. The smallest absolute Gasteiger partial charge is 0.311 e. The lowest BCUT2D eigenvalue weighted by atomic mass is 9.74. The van der Waals surface area contributed by atoms with Gasteiger partial charge in [0.1, 0.15) is 5.82 Å². The predicted molar refractivity (Wildman–Crippen MR) is 73.8 cm³/mol. The van der Waals surface area contributed by atoms with E-state index in [0.717, 1.165) is 6.07 Å². The predicted octanol–water partition coefficient (Wildman–Crippen LogP) is 2.03. The van der Waals surface area contributed by atoms with E-state index in [-0.39, 0.29) is 11.3 Å². The van der Waals surface area contributed by atoms with Crippen molar-refractivity contribution in [2.24, 2.45) is 5.41 Å². The zero-order chi connectivity index (χ0) is 15.7. The van der Waals surface area contributed by atoms with Crippen LogP contribution in [0.25, 0.3) is 0 Å². The van der Waals surface area contributed by atoms with Gasteiger partial charge in [-0.25, -0.2) is 4.39 Å². The second-order valence-corrected chi connectivity index (χ2v) is 5.71. The summed E-state index contributed by atoms with van der Waals surface area (Å²) in [6.07, 6.45) is 0. The van der Waals surface area contributed by atoms with Crippen molar-refractivity contribution in [3.8, 4) is 0 Å². The van der Waals surface area contributed by atoms with Gasteiger partial charge < -0.3 is 16.2 Å². The molecule has 1 rings (SSSR count). The van der Waals surface area contributed by atoms with E-state index in [1.54, 1.807) is 13.8 Å². The van der Waals surface area contributed by atoms with Gasteiger partial charge in [0.25, 0.3) is 5.91 Å². The van der Waals surface area contributed by atoms with Gasteiger partial charge in [-0.3, -0.25) is 9.59 Å². The Balaban J connectivity index is 3.07. The molecule has 6 heteroatoms. The number of para-hydroxylation sites is 1. The Morgan fingerprint density at radius 2 is 1.80 bits per heavy atom. The Morgan fingerprint density at radius 3 is 2.30 bits per heavy atom. The average Bonchev–Trinajstić information content (AvgIpc) is 2.31. The number of carbonyl (C=O) groups is 2. The van der Waals surface area contributed by atoms with Crippen LogP contribution in [-0.4, -0.2) is 22.5 Å². The maximum Gasteiger partial charge on any atom is 0.311 e. The molecule has 5 nitrogen and oxygen atoms in total. The van der Waals surface area contributed by atoms with E-state index in [2.05, 4.69) is 5.32 Å². The first-order chi connectivity index (χ1) is 9.00. The number of nitrogens with one attached hydrogen (secondary N) is 1. The van der Waals surface area contributed by atoms with Crippen molar-refractivity contribution in [2.45, 2.75) is 33.2 Å². The SMILES string of the molecule is CC(C)(NC(=O)c1cccc(F)c1N)C(C)(C)C(=O)O. The van der Waals surface area contributed by atoms with Crippen molar-refractivity contribution >= 4 is 17.6 Å². The van der Waals surface area contributed by atoms with Crippen molar-refractivity contribution in [1.82, 2.24) is 5.32 Å². The van der Waals surface area contributed by atoms with Gasteiger partial charge in [-0.15, -0.1) is 0 Å². The Labute approximate surface area is 117 Å². The first kappa shape index (κ1) is 15.9. The molecule has 1 aromatic carbocycles. The van der Waals surface area contributed by atoms with Crippen molar-refractivity contribution in [1.29, 1.82) is 0 Å². The van der Waals surface area contributed by atoms with E-state index >= 15 is 0 Å². The fourth-order valence-corrected chi connectivity index (χ4v) is 1.51. The number of benzene rings is 1. The van der Waals surface area contributed by atoms with Gasteiger partial charge in [-0.05, 0) is 39.8 Å². The number of rotatable bonds is 4. The fourth-order valence-electron chi connectivity index (χ4n) is 1.51. The number of halogens is 1. The number of hydrogen-bond acceptors (Lipinski definition) is 3. The van der Waals surface area contributed by atoms with Gasteiger partial charge in [-0.2, -0.15) is 0 Å². The van der Waals surface area contributed by atoms with Gasteiger partial charge in [0.2, 0.25) is 0 Å². The van der Waals surface area contributed by atoms with Crippen LogP contribution in [0.1, 0.15) is 38.1 Å². The minimum absolute atomic E-state index is 0.0146. The molecule has 0 heterocycles. The average molecular weight is 282 g/mol. The highest BCUT2D eigenvalue weighted by atomic mass is 19.1. The summed E-state index contributed by atoms with van der Waals surface area (Å²) in [5, 5.41) is 11.8. The van der Waals surface area contributed by atoms with Crippen LogP contribution in [0.4, 0.5) is 10.1 Å². The molecular weight excluding hydrogens is 263 g/mol. The Bertz CT molecular complexity index is 553. The van der Waals surface area contributed by atoms with Crippen LogP contribution in [-0.2, 0) is 4.79 Å². The minimum atomic E-state index is -1.20. The van der Waals surface area contributed by atoms with Gasteiger partial charge in [-0.1, -0.05) is 6.07 Å². The molecule has 0 fully saturated rings. The molecule has 0 unspecified atom stereocenters. The summed E-state index contributed by atoms with van der Waals surface area (Å²) in [7, 11) is 0. The highest BCUT2D eigenvalue weighted by molar-refractivity contribution is 6.00. The molecule has 0 atom stereocenters. The zero-order valence-corrected chi connectivity index (χ0v) is 12.0. The highest BCUT2D eigenvalue weighted by Gasteiger charge is 2.44. The van der Waals surface area contributed by atoms with Crippen molar-refractivity contribution < 1.29 is 19.1 Å². The van der Waals surface area contributed by atoms with Crippen LogP contribution < -0.4 is 11.1 Å². The molecular formula is C14H19FN2O3. The monoisotopic (exact) mass is 282 g/mol. The van der Waals surface area contributed by atoms with Crippen LogP contribution in [0.2, 0.25) is 0 Å². The molecule has 1 amide bonds. The van der Waals surface area contributed by atoms with E-state index in [9.17, 15) is 19.1 Å². The third kappa shape index (κ3) is 2.74. The Morgan fingerprint density at radius 1 is 1.25 bits per heavy atom. The molecule has 0 aromatic heterocycles. The summed E-state index contributed by atoms with van der Waals surface area (Å²) >= 11 is 0. The summed E-state index contributed by atoms with van der Waals surface area (Å²) in [4.78, 5) is 23.4. The quantitative estimate of drug-likeness (QED) is 0.737. The first-order valence-electron chi connectivity index (χ1n) is 6.10. The molecule has 0 aliphatic rings. The van der Waals surface area contributed by atoms with Crippen molar-refractivity contribution in [2.75, 3.05) is 5.73 Å². The van der Waals surface area contributed by atoms with Gasteiger partial charge in [0, 0.05) is 0 Å². The fraction of sp³-hybridized carbons (Fsp3) is 0.429. The summed E-state index contributed by atoms with van der Waals surface area (Å²) < 4.78 is 13.3. The zero-order valence-electron chi connectivity index (χ0n) is 12.0. The molecule has 0 saturated heterocycles. The number of anilines is 1. The summed E-state index contributed by atoms with van der Waals surface area (Å²) in [6, 6.07) is 3.91. The van der Waals surface area contributed by atoms with Crippen molar-refractivity contribution in [3.63, 3.8) is 0 Å².